The zero-order valence-electron chi connectivity index (χ0n) is 9.89. The summed E-state index contributed by atoms with van der Waals surface area (Å²) in [5, 5.41) is 16.9. The van der Waals surface area contributed by atoms with Crippen LogP contribution in [0.2, 0.25) is 0 Å². The minimum atomic E-state index is -0.978. The van der Waals surface area contributed by atoms with Gasteiger partial charge < -0.3 is 5.32 Å². The molecule has 0 radical (unpaired) electrons. The predicted molar refractivity (Wildman–Crippen MR) is 69.4 cm³/mol. The molecule has 0 bridgehead atoms. The number of benzene rings is 1. The van der Waals surface area contributed by atoms with Gasteiger partial charge in [-0.25, -0.2) is 8.78 Å². The number of nitro groups is 1. The Labute approximate surface area is 111 Å². The van der Waals surface area contributed by atoms with Gasteiger partial charge in [0, 0.05) is 6.04 Å². The van der Waals surface area contributed by atoms with E-state index in [1.165, 1.54) is 11.3 Å². The molecular formula is C12H10F2N2O2S. The highest BCUT2D eigenvalue weighted by Crippen LogP contribution is 2.28. The topological polar surface area (TPSA) is 55.2 Å². The minimum absolute atomic E-state index is 0.295. The van der Waals surface area contributed by atoms with Crippen molar-refractivity contribution in [2.45, 2.75) is 13.0 Å². The summed E-state index contributed by atoms with van der Waals surface area (Å²) in [5.41, 5.74) is -0.0739. The van der Waals surface area contributed by atoms with Crippen LogP contribution in [0.3, 0.4) is 0 Å². The van der Waals surface area contributed by atoms with Gasteiger partial charge in [0.15, 0.2) is 11.6 Å². The number of nitrogens with zero attached hydrogens (tertiary/aromatic N) is 1. The number of nitro benzene ring substituents is 1. The molecule has 1 aromatic heterocycles. The molecule has 1 unspecified atom stereocenters. The number of halogens is 2. The number of rotatable bonds is 4. The number of thiophene rings is 1. The maximum absolute atomic E-state index is 13.7. The third-order valence-corrected chi connectivity index (χ3v) is 3.34. The van der Waals surface area contributed by atoms with Crippen molar-refractivity contribution < 1.29 is 13.7 Å². The van der Waals surface area contributed by atoms with Crippen molar-refractivity contribution in [3.05, 3.63) is 56.3 Å². The number of hydrogen-bond acceptors (Lipinski definition) is 4. The molecule has 100 valence electrons. The molecule has 1 heterocycles. The molecule has 0 aliphatic carbocycles. The average Bonchev–Trinajstić information content (AvgIpc) is 2.86. The fourth-order valence-corrected chi connectivity index (χ4v) is 2.38. The Morgan fingerprint density at radius 1 is 1.37 bits per heavy atom. The van der Waals surface area contributed by atoms with Crippen molar-refractivity contribution in [1.29, 1.82) is 0 Å². The van der Waals surface area contributed by atoms with Gasteiger partial charge in [0.1, 0.15) is 5.69 Å². The molecule has 0 aliphatic rings. The van der Waals surface area contributed by atoms with Crippen LogP contribution in [-0.4, -0.2) is 4.92 Å². The Hall–Kier alpha value is -2.02. The number of hydrogen-bond donors (Lipinski definition) is 1. The Bertz CT molecular complexity index is 579. The lowest BCUT2D eigenvalue weighted by atomic mass is 10.1. The van der Waals surface area contributed by atoms with Crippen LogP contribution in [0.4, 0.5) is 20.2 Å². The minimum Gasteiger partial charge on any atom is -0.374 e. The Balaban J connectivity index is 2.28. The highest BCUT2D eigenvalue weighted by molar-refractivity contribution is 7.07. The largest absolute Gasteiger partial charge is 0.374 e. The van der Waals surface area contributed by atoms with Crippen LogP contribution in [-0.2, 0) is 0 Å². The fraction of sp³-hybridized carbons (Fsp3) is 0.167. The maximum Gasteiger partial charge on any atom is 0.275 e. The first-order valence-electron chi connectivity index (χ1n) is 5.41. The zero-order valence-corrected chi connectivity index (χ0v) is 10.7. The van der Waals surface area contributed by atoms with Crippen LogP contribution in [0.15, 0.2) is 29.0 Å². The van der Waals surface area contributed by atoms with E-state index < -0.39 is 22.2 Å². The van der Waals surface area contributed by atoms with Gasteiger partial charge in [-0.1, -0.05) is 0 Å². The van der Waals surface area contributed by atoms with Crippen molar-refractivity contribution >= 4 is 22.7 Å². The van der Waals surface area contributed by atoms with Gasteiger partial charge in [0.2, 0.25) is 0 Å². The lowest BCUT2D eigenvalue weighted by molar-refractivity contribution is -0.385. The first-order chi connectivity index (χ1) is 8.99. The summed E-state index contributed by atoms with van der Waals surface area (Å²) in [7, 11) is 0. The molecule has 0 saturated heterocycles. The van der Waals surface area contributed by atoms with Gasteiger partial charge in [-0.15, -0.1) is 0 Å². The molecule has 19 heavy (non-hydrogen) atoms. The van der Waals surface area contributed by atoms with E-state index in [0.717, 1.165) is 5.56 Å². The monoisotopic (exact) mass is 284 g/mol. The van der Waals surface area contributed by atoms with Crippen molar-refractivity contribution in [2.75, 3.05) is 5.32 Å². The zero-order chi connectivity index (χ0) is 14.0. The number of non-ortho nitro benzene ring substituents is 1. The van der Waals surface area contributed by atoms with E-state index in [1.54, 1.807) is 6.92 Å². The van der Waals surface area contributed by atoms with Crippen LogP contribution >= 0.6 is 11.3 Å². The molecule has 0 amide bonds. The molecule has 2 aromatic rings. The summed E-state index contributed by atoms with van der Waals surface area (Å²) >= 11 is 1.48. The van der Waals surface area contributed by atoms with Crippen LogP contribution in [0.1, 0.15) is 18.5 Å². The predicted octanol–water partition coefficient (Wildman–Crippen LogP) is 4.11. The van der Waals surface area contributed by atoms with Crippen molar-refractivity contribution in [2.24, 2.45) is 0 Å². The fourth-order valence-electron chi connectivity index (χ4n) is 1.62. The second-order valence-corrected chi connectivity index (χ2v) is 4.74. The molecular weight excluding hydrogens is 274 g/mol. The smallest absolute Gasteiger partial charge is 0.275 e. The Morgan fingerprint density at radius 3 is 2.47 bits per heavy atom. The molecule has 4 nitrogen and oxygen atoms in total. The third kappa shape index (κ3) is 2.87. The van der Waals surface area contributed by atoms with E-state index in [9.17, 15) is 18.9 Å². The highest BCUT2D eigenvalue weighted by Gasteiger charge is 2.18. The quantitative estimate of drug-likeness (QED) is 0.679. The SMILES string of the molecule is CC(Nc1c(F)cc([N+](=O)[O-])cc1F)c1ccsc1. The van der Waals surface area contributed by atoms with E-state index >= 15 is 0 Å². The molecule has 7 heteroatoms. The summed E-state index contributed by atoms with van der Waals surface area (Å²) in [4.78, 5) is 9.64. The third-order valence-electron chi connectivity index (χ3n) is 2.64. The van der Waals surface area contributed by atoms with Crippen molar-refractivity contribution in [3.8, 4) is 0 Å². The van der Waals surface area contributed by atoms with Crippen LogP contribution < -0.4 is 5.32 Å². The van der Waals surface area contributed by atoms with Gasteiger partial charge in [0.25, 0.3) is 5.69 Å². The molecule has 1 aromatic carbocycles. The lowest BCUT2D eigenvalue weighted by Gasteiger charge is -2.15. The lowest BCUT2D eigenvalue weighted by Crippen LogP contribution is -2.09. The van der Waals surface area contributed by atoms with Crippen molar-refractivity contribution in [1.82, 2.24) is 0 Å². The molecule has 0 spiro atoms. The van der Waals surface area contributed by atoms with Gasteiger partial charge in [-0.3, -0.25) is 10.1 Å². The number of nitrogens with one attached hydrogen (secondary N) is 1. The second kappa shape index (κ2) is 5.31. The second-order valence-electron chi connectivity index (χ2n) is 3.96. The maximum atomic E-state index is 13.7. The highest BCUT2D eigenvalue weighted by atomic mass is 32.1. The standard InChI is InChI=1S/C12H10F2N2O2S/c1-7(8-2-3-19-6-8)15-12-10(13)4-9(16(17)18)5-11(12)14/h2-7,15H,1H3. The van der Waals surface area contributed by atoms with Crippen LogP contribution in [0.5, 0.6) is 0 Å². The van der Waals surface area contributed by atoms with Gasteiger partial charge in [-0.05, 0) is 29.3 Å². The van der Waals surface area contributed by atoms with Gasteiger partial charge in [0.05, 0.1) is 17.1 Å². The van der Waals surface area contributed by atoms with Gasteiger partial charge in [-0.2, -0.15) is 11.3 Å². The molecule has 0 saturated carbocycles. The van der Waals surface area contributed by atoms with Gasteiger partial charge >= 0.3 is 0 Å². The van der Waals surface area contributed by atoms with E-state index in [4.69, 9.17) is 0 Å². The first kappa shape index (κ1) is 13.4. The summed E-state index contributed by atoms with van der Waals surface area (Å²) < 4.78 is 27.3. The van der Waals surface area contributed by atoms with Crippen LogP contribution in [0.25, 0.3) is 0 Å². The summed E-state index contributed by atoms with van der Waals surface area (Å²) in [6, 6.07) is 2.94. The molecule has 1 atom stereocenters. The van der Waals surface area contributed by atoms with E-state index in [1.807, 2.05) is 16.8 Å². The Morgan fingerprint density at radius 2 is 2.00 bits per heavy atom. The molecule has 0 fully saturated rings. The normalized spacial score (nSPS) is 12.2. The summed E-state index contributed by atoms with van der Waals surface area (Å²) in [6.07, 6.45) is 0. The van der Waals surface area contributed by atoms with E-state index in [2.05, 4.69) is 5.32 Å². The molecule has 2 rings (SSSR count). The number of anilines is 1. The van der Waals surface area contributed by atoms with Crippen LogP contribution in [0, 0.1) is 21.7 Å². The average molecular weight is 284 g/mol. The summed E-state index contributed by atoms with van der Waals surface area (Å²) in [6.45, 7) is 1.75. The van der Waals surface area contributed by atoms with Crippen molar-refractivity contribution in [3.63, 3.8) is 0 Å². The first-order valence-corrected chi connectivity index (χ1v) is 6.35. The van der Waals surface area contributed by atoms with E-state index in [-0.39, 0.29) is 11.7 Å². The Kier molecular flexibility index (Phi) is 3.75. The summed E-state index contributed by atoms with van der Waals surface area (Å²) in [5.74, 6) is -1.96. The molecule has 1 N–H and O–H groups in total. The molecule has 0 aliphatic heterocycles. The van der Waals surface area contributed by atoms with E-state index in [0.29, 0.717) is 12.1 Å².